The van der Waals surface area contributed by atoms with Crippen LogP contribution in [0.25, 0.3) is 11.0 Å². The van der Waals surface area contributed by atoms with Crippen LogP contribution in [-0.4, -0.2) is 5.91 Å². The molecule has 0 aliphatic heterocycles. The van der Waals surface area contributed by atoms with Crippen LogP contribution < -0.4 is 15.5 Å². The third kappa shape index (κ3) is 2.59. The van der Waals surface area contributed by atoms with Gasteiger partial charge in [-0.3, -0.25) is 14.9 Å². The molecule has 1 aromatic carbocycles. The van der Waals surface area contributed by atoms with E-state index in [1.165, 1.54) is 24.4 Å². The molecule has 6 nitrogen and oxygen atoms in total. The zero-order valence-corrected chi connectivity index (χ0v) is 10.8. The first kappa shape index (κ1) is 12.9. The Hall–Kier alpha value is -3.15. The van der Waals surface area contributed by atoms with E-state index in [1.807, 2.05) is 0 Å². The number of hydrogen-bond acceptors (Lipinski definition) is 4. The molecule has 0 spiro atoms. The molecule has 0 saturated heterocycles. The second-order valence-electron chi connectivity index (χ2n) is 4.38. The number of rotatable bonds is 2. The number of hydrogen-bond donors (Lipinski definition) is 1. The fraction of sp³-hybridized carbons (Fsp3) is 0. The third-order valence-corrected chi connectivity index (χ3v) is 2.91. The number of carbonyl (C=O) groups excluding carboxylic acids is 1. The Balaban J connectivity index is 1.95. The van der Waals surface area contributed by atoms with E-state index in [0.717, 1.165) is 6.20 Å². The Kier molecular flexibility index (Phi) is 3.12. The summed E-state index contributed by atoms with van der Waals surface area (Å²) < 4.78 is 5.97. The lowest BCUT2D eigenvalue weighted by atomic mass is 10.2. The van der Waals surface area contributed by atoms with Gasteiger partial charge in [-0.2, -0.15) is 4.73 Å². The molecule has 104 valence electrons. The smallest absolute Gasteiger partial charge is 0.264 e. The molecule has 6 heteroatoms. The van der Waals surface area contributed by atoms with Crippen molar-refractivity contribution >= 4 is 22.8 Å². The summed E-state index contributed by atoms with van der Waals surface area (Å²) in [6.07, 6.45) is 2.40. The minimum atomic E-state index is -0.529. The normalized spacial score (nSPS) is 10.5. The van der Waals surface area contributed by atoms with Gasteiger partial charge >= 0.3 is 0 Å². The van der Waals surface area contributed by atoms with E-state index < -0.39 is 5.91 Å². The van der Waals surface area contributed by atoms with Crippen molar-refractivity contribution in [3.8, 4) is 0 Å². The van der Waals surface area contributed by atoms with Crippen LogP contribution >= 0.6 is 0 Å². The molecule has 1 N–H and O–H groups in total. The first-order chi connectivity index (χ1) is 10.1. The molecular weight excluding hydrogens is 272 g/mol. The second kappa shape index (κ2) is 5.09. The van der Waals surface area contributed by atoms with E-state index in [-0.39, 0.29) is 16.9 Å². The number of nitrogens with one attached hydrogen (secondary N) is 1. The molecular formula is C15H10N2O4. The van der Waals surface area contributed by atoms with E-state index in [1.54, 1.807) is 24.3 Å². The van der Waals surface area contributed by atoms with Crippen LogP contribution in [-0.2, 0) is 0 Å². The minimum Gasteiger partial charge on any atom is -0.619 e. The van der Waals surface area contributed by atoms with Gasteiger partial charge in [0.2, 0.25) is 5.88 Å². The Bertz CT molecular complexity index is 886. The summed E-state index contributed by atoms with van der Waals surface area (Å²) in [7, 11) is 0. The van der Waals surface area contributed by atoms with Crippen molar-refractivity contribution in [1.82, 2.24) is 0 Å². The van der Waals surface area contributed by atoms with Crippen molar-refractivity contribution in [2.45, 2.75) is 0 Å². The second-order valence-corrected chi connectivity index (χ2v) is 4.38. The number of fused-ring (bicyclic) bond motifs is 1. The SMILES string of the molecule is O=C(Nc1cc(=O)c2ccccc2o1)c1ccc[n+]([O-])c1. The zero-order valence-electron chi connectivity index (χ0n) is 10.8. The van der Waals surface area contributed by atoms with Gasteiger partial charge in [0.1, 0.15) is 11.1 Å². The Morgan fingerprint density at radius 2 is 2.00 bits per heavy atom. The van der Waals surface area contributed by atoms with Crippen LogP contribution in [0, 0.1) is 5.21 Å². The van der Waals surface area contributed by atoms with Crippen LogP contribution in [0.15, 0.2) is 64.1 Å². The molecule has 0 aliphatic carbocycles. The standard InChI is InChI=1S/C15H10N2O4/c18-12-8-14(21-13-6-2-1-5-11(12)13)16-15(19)10-4-3-7-17(20)9-10/h1-9H,(H,16,19). The molecule has 0 bridgehead atoms. The van der Waals surface area contributed by atoms with Gasteiger partial charge in [0.05, 0.1) is 5.39 Å². The lowest BCUT2D eigenvalue weighted by molar-refractivity contribution is -0.605. The lowest BCUT2D eigenvalue weighted by Gasteiger charge is -2.05. The zero-order chi connectivity index (χ0) is 14.8. The minimum absolute atomic E-state index is 0.0324. The molecule has 21 heavy (non-hydrogen) atoms. The average molecular weight is 282 g/mol. The molecule has 2 aromatic heterocycles. The van der Waals surface area contributed by atoms with Crippen LogP contribution in [0.2, 0.25) is 0 Å². The van der Waals surface area contributed by atoms with Crippen LogP contribution in [0.5, 0.6) is 0 Å². The molecule has 0 atom stereocenters. The highest BCUT2D eigenvalue weighted by atomic mass is 16.5. The van der Waals surface area contributed by atoms with Crippen molar-refractivity contribution in [2.24, 2.45) is 0 Å². The maximum atomic E-state index is 12.0. The summed E-state index contributed by atoms with van der Waals surface area (Å²) in [5.41, 5.74) is 0.301. The van der Waals surface area contributed by atoms with Crippen molar-refractivity contribution in [3.63, 3.8) is 0 Å². The quantitative estimate of drug-likeness (QED) is 0.572. The Labute approximate surface area is 118 Å². The number of benzene rings is 1. The molecule has 0 fully saturated rings. The maximum Gasteiger partial charge on any atom is 0.264 e. The van der Waals surface area contributed by atoms with Crippen molar-refractivity contribution < 1.29 is 13.9 Å². The highest BCUT2D eigenvalue weighted by molar-refractivity contribution is 6.03. The summed E-state index contributed by atoms with van der Waals surface area (Å²) in [4.78, 5) is 23.9. The number of anilines is 1. The van der Waals surface area contributed by atoms with Gasteiger partial charge in [-0.1, -0.05) is 12.1 Å². The van der Waals surface area contributed by atoms with Gasteiger partial charge in [-0.15, -0.1) is 0 Å². The van der Waals surface area contributed by atoms with Crippen LogP contribution in [0.4, 0.5) is 5.88 Å². The maximum absolute atomic E-state index is 12.0. The fourth-order valence-electron chi connectivity index (χ4n) is 1.94. The fourth-order valence-corrected chi connectivity index (χ4v) is 1.94. The topological polar surface area (TPSA) is 86.2 Å². The molecule has 0 unspecified atom stereocenters. The Morgan fingerprint density at radius 1 is 1.19 bits per heavy atom. The monoisotopic (exact) mass is 282 g/mol. The highest BCUT2D eigenvalue weighted by Crippen LogP contribution is 2.15. The molecule has 3 aromatic rings. The average Bonchev–Trinajstić information content (AvgIpc) is 2.47. The van der Waals surface area contributed by atoms with Crippen molar-refractivity contribution in [1.29, 1.82) is 0 Å². The van der Waals surface area contributed by atoms with Crippen molar-refractivity contribution in [3.05, 3.63) is 75.9 Å². The molecule has 3 rings (SSSR count). The van der Waals surface area contributed by atoms with Gasteiger partial charge in [0.15, 0.2) is 17.8 Å². The number of carbonyl (C=O) groups is 1. The van der Waals surface area contributed by atoms with Gasteiger partial charge in [-0.25, -0.2) is 0 Å². The number of pyridine rings is 1. The van der Waals surface area contributed by atoms with E-state index in [2.05, 4.69) is 5.32 Å². The highest BCUT2D eigenvalue weighted by Gasteiger charge is 2.11. The lowest BCUT2D eigenvalue weighted by Crippen LogP contribution is -2.27. The molecule has 0 aliphatic rings. The van der Waals surface area contributed by atoms with Gasteiger partial charge in [-0.05, 0) is 18.2 Å². The summed E-state index contributed by atoms with van der Waals surface area (Å²) >= 11 is 0. The van der Waals surface area contributed by atoms with E-state index in [9.17, 15) is 14.8 Å². The van der Waals surface area contributed by atoms with Gasteiger partial charge in [0.25, 0.3) is 5.91 Å². The van der Waals surface area contributed by atoms with Gasteiger partial charge < -0.3 is 9.62 Å². The summed E-state index contributed by atoms with van der Waals surface area (Å²) in [5.74, 6) is -0.497. The number of para-hydroxylation sites is 1. The summed E-state index contributed by atoms with van der Waals surface area (Å²) in [6.45, 7) is 0. The number of nitrogens with zero attached hydrogens (tertiary/aromatic N) is 1. The molecule has 0 saturated carbocycles. The van der Waals surface area contributed by atoms with Crippen molar-refractivity contribution in [2.75, 3.05) is 5.32 Å². The van der Waals surface area contributed by atoms with E-state index in [0.29, 0.717) is 15.7 Å². The van der Waals surface area contributed by atoms with Gasteiger partial charge in [0, 0.05) is 12.1 Å². The number of amides is 1. The first-order valence-corrected chi connectivity index (χ1v) is 6.16. The van der Waals surface area contributed by atoms with E-state index >= 15 is 0 Å². The first-order valence-electron chi connectivity index (χ1n) is 6.16. The predicted octanol–water partition coefficient (Wildman–Crippen LogP) is 1.68. The van der Waals surface area contributed by atoms with Crippen LogP contribution in [0.1, 0.15) is 10.4 Å². The summed E-state index contributed by atoms with van der Waals surface area (Å²) in [6, 6.07) is 10.9. The number of aromatic nitrogens is 1. The largest absolute Gasteiger partial charge is 0.619 e. The van der Waals surface area contributed by atoms with Crippen LogP contribution in [0.3, 0.4) is 0 Å². The predicted molar refractivity (Wildman–Crippen MR) is 75.8 cm³/mol. The molecule has 0 radical (unpaired) electrons. The Morgan fingerprint density at radius 3 is 2.81 bits per heavy atom. The van der Waals surface area contributed by atoms with E-state index in [4.69, 9.17) is 4.42 Å². The molecule has 2 heterocycles. The molecule has 1 amide bonds. The summed E-state index contributed by atoms with van der Waals surface area (Å²) in [5, 5.41) is 14.0. The third-order valence-electron chi connectivity index (χ3n) is 2.91.